The molecule has 4 heteroatoms. The molecule has 1 aliphatic rings. The maximum Gasteiger partial charge on any atom is 0.247 e. The number of thiophene rings is 1. The van der Waals surface area contributed by atoms with Crippen LogP contribution in [0.4, 0.5) is 0 Å². The Balaban J connectivity index is 1.77. The summed E-state index contributed by atoms with van der Waals surface area (Å²) in [5, 5.41) is 2.13. The molecule has 1 unspecified atom stereocenters. The summed E-state index contributed by atoms with van der Waals surface area (Å²) in [5.74, 6) is 0.0857. The maximum absolute atomic E-state index is 12.5. The van der Waals surface area contributed by atoms with Crippen LogP contribution < -0.4 is 0 Å². The Labute approximate surface area is 128 Å². The summed E-state index contributed by atoms with van der Waals surface area (Å²) in [6, 6.07) is 6.20. The third-order valence-electron chi connectivity index (χ3n) is 3.87. The van der Waals surface area contributed by atoms with Crippen molar-refractivity contribution in [3.8, 4) is 0 Å². The van der Waals surface area contributed by atoms with Crippen LogP contribution in [0.3, 0.4) is 0 Å². The molecule has 1 amide bonds. The van der Waals surface area contributed by atoms with E-state index in [9.17, 15) is 4.79 Å². The quantitative estimate of drug-likeness (QED) is 0.810. The smallest absolute Gasteiger partial charge is 0.247 e. The third kappa shape index (κ3) is 2.90. The lowest BCUT2D eigenvalue weighted by molar-refractivity contribution is -0.128. The number of fused-ring (bicyclic) bond motifs is 1. The number of amides is 1. The minimum atomic E-state index is 0.0857. The van der Waals surface area contributed by atoms with Crippen molar-refractivity contribution in [1.82, 2.24) is 9.88 Å². The molecule has 2 aromatic heterocycles. The molecule has 0 spiro atoms. The summed E-state index contributed by atoms with van der Waals surface area (Å²) >= 11 is 1.80. The second-order valence-corrected chi connectivity index (χ2v) is 6.13. The number of pyridine rings is 1. The van der Waals surface area contributed by atoms with Gasteiger partial charge in [-0.2, -0.15) is 0 Å². The van der Waals surface area contributed by atoms with Crippen molar-refractivity contribution in [3.63, 3.8) is 0 Å². The Morgan fingerprint density at radius 1 is 1.52 bits per heavy atom. The van der Waals surface area contributed by atoms with Gasteiger partial charge < -0.3 is 4.90 Å². The minimum absolute atomic E-state index is 0.0857. The van der Waals surface area contributed by atoms with E-state index in [2.05, 4.69) is 23.4 Å². The standard InChI is InChI=1S/C17H18N2OS/c1-2-15-14-8-11-21-16(14)7-10-19(15)17(20)6-5-13-4-3-9-18-12-13/h3-6,8-9,11-12,15H,2,7,10H2,1H3/b6-5+. The fourth-order valence-electron chi connectivity index (χ4n) is 2.84. The Kier molecular flexibility index (Phi) is 4.15. The Hall–Kier alpha value is -1.94. The molecule has 0 bridgehead atoms. The number of carbonyl (C=O) groups excluding carboxylic acids is 1. The van der Waals surface area contributed by atoms with Crippen LogP contribution in [0.15, 0.2) is 42.0 Å². The van der Waals surface area contributed by atoms with Gasteiger partial charge in [-0.25, -0.2) is 0 Å². The average molecular weight is 298 g/mol. The molecule has 21 heavy (non-hydrogen) atoms. The molecular formula is C17H18N2OS. The van der Waals surface area contributed by atoms with Crippen LogP contribution in [0.25, 0.3) is 6.08 Å². The van der Waals surface area contributed by atoms with Gasteiger partial charge in [-0.3, -0.25) is 9.78 Å². The van der Waals surface area contributed by atoms with Gasteiger partial charge in [0.2, 0.25) is 5.91 Å². The predicted molar refractivity (Wildman–Crippen MR) is 86.0 cm³/mol. The van der Waals surface area contributed by atoms with Gasteiger partial charge in [-0.05, 0) is 47.6 Å². The second kappa shape index (κ2) is 6.22. The third-order valence-corrected chi connectivity index (χ3v) is 4.86. The fraction of sp³-hybridized carbons (Fsp3) is 0.294. The monoisotopic (exact) mass is 298 g/mol. The van der Waals surface area contributed by atoms with E-state index in [1.54, 1.807) is 29.8 Å². The molecule has 0 aliphatic carbocycles. The van der Waals surface area contributed by atoms with Crippen LogP contribution in [0.2, 0.25) is 0 Å². The Morgan fingerprint density at radius 3 is 3.19 bits per heavy atom. The maximum atomic E-state index is 12.5. The van der Waals surface area contributed by atoms with E-state index in [-0.39, 0.29) is 11.9 Å². The lowest BCUT2D eigenvalue weighted by Gasteiger charge is -2.34. The van der Waals surface area contributed by atoms with Gasteiger partial charge in [-0.15, -0.1) is 11.3 Å². The zero-order valence-corrected chi connectivity index (χ0v) is 12.8. The molecule has 3 heterocycles. The van der Waals surface area contributed by atoms with E-state index in [1.165, 1.54) is 10.4 Å². The van der Waals surface area contributed by atoms with Crippen molar-refractivity contribution in [1.29, 1.82) is 0 Å². The Morgan fingerprint density at radius 2 is 2.43 bits per heavy atom. The summed E-state index contributed by atoms with van der Waals surface area (Å²) < 4.78 is 0. The van der Waals surface area contributed by atoms with Crippen molar-refractivity contribution in [3.05, 3.63) is 58.1 Å². The molecule has 3 nitrogen and oxygen atoms in total. The van der Waals surface area contributed by atoms with Crippen LogP contribution in [0, 0.1) is 0 Å². The summed E-state index contributed by atoms with van der Waals surface area (Å²) in [6.45, 7) is 2.95. The van der Waals surface area contributed by atoms with Crippen molar-refractivity contribution >= 4 is 23.3 Å². The second-order valence-electron chi connectivity index (χ2n) is 5.12. The molecule has 3 rings (SSSR count). The molecule has 108 valence electrons. The summed E-state index contributed by atoms with van der Waals surface area (Å²) in [5.41, 5.74) is 2.28. The van der Waals surface area contributed by atoms with Gasteiger partial charge >= 0.3 is 0 Å². The lowest BCUT2D eigenvalue weighted by Crippen LogP contribution is -2.38. The molecule has 0 N–H and O–H groups in total. The first-order valence-corrected chi connectivity index (χ1v) is 8.12. The van der Waals surface area contributed by atoms with E-state index in [4.69, 9.17) is 0 Å². The largest absolute Gasteiger partial charge is 0.332 e. The molecule has 0 saturated heterocycles. The van der Waals surface area contributed by atoms with Crippen LogP contribution in [0.1, 0.15) is 35.4 Å². The average Bonchev–Trinajstić information content (AvgIpc) is 3.01. The lowest BCUT2D eigenvalue weighted by atomic mass is 9.97. The van der Waals surface area contributed by atoms with E-state index in [0.29, 0.717) is 0 Å². The molecular weight excluding hydrogens is 280 g/mol. The molecule has 0 saturated carbocycles. The molecule has 0 radical (unpaired) electrons. The normalized spacial score (nSPS) is 18.0. The van der Waals surface area contributed by atoms with Gasteiger partial charge in [0, 0.05) is 29.9 Å². The number of aromatic nitrogens is 1. The predicted octanol–water partition coefficient (Wildman–Crippen LogP) is 3.69. The zero-order chi connectivity index (χ0) is 14.7. The molecule has 0 aromatic carbocycles. The van der Waals surface area contributed by atoms with Crippen molar-refractivity contribution in [2.24, 2.45) is 0 Å². The van der Waals surface area contributed by atoms with Gasteiger partial charge in [-0.1, -0.05) is 13.0 Å². The molecule has 0 fully saturated rings. The van der Waals surface area contributed by atoms with Gasteiger partial charge in [0.15, 0.2) is 0 Å². The van der Waals surface area contributed by atoms with E-state index in [1.807, 2.05) is 23.1 Å². The van der Waals surface area contributed by atoms with Crippen LogP contribution >= 0.6 is 11.3 Å². The number of nitrogens with zero attached hydrogens (tertiary/aromatic N) is 2. The topological polar surface area (TPSA) is 33.2 Å². The van der Waals surface area contributed by atoms with Crippen molar-refractivity contribution in [2.75, 3.05) is 6.54 Å². The zero-order valence-electron chi connectivity index (χ0n) is 12.0. The highest BCUT2D eigenvalue weighted by Gasteiger charge is 2.29. The van der Waals surface area contributed by atoms with Gasteiger partial charge in [0.1, 0.15) is 0 Å². The van der Waals surface area contributed by atoms with Crippen LogP contribution in [0.5, 0.6) is 0 Å². The number of hydrogen-bond acceptors (Lipinski definition) is 3. The first kappa shape index (κ1) is 14.0. The summed E-state index contributed by atoms with van der Waals surface area (Å²) in [4.78, 5) is 20.0. The number of rotatable bonds is 3. The van der Waals surface area contributed by atoms with Gasteiger partial charge in [0.25, 0.3) is 0 Å². The summed E-state index contributed by atoms with van der Waals surface area (Å²) in [6.07, 6.45) is 8.91. The van der Waals surface area contributed by atoms with Gasteiger partial charge in [0.05, 0.1) is 6.04 Å². The highest BCUT2D eigenvalue weighted by Crippen LogP contribution is 2.35. The number of carbonyl (C=O) groups is 1. The SMILES string of the molecule is CCC1c2ccsc2CCN1C(=O)/C=C/c1cccnc1. The molecule has 2 aromatic rings. The first-order chi connectivity index (χ1) is 10.3. The fourth-order valence-corrected chi connectivity index (χ4v) is 3.77. The van der Waals surface area contributed by atoms with Crippen molar-refractivity contribution < 1.29 is 4.79 Å². The van der Waals surface area contributed by atoms with E-state index < -0.39 is 0 Å². The first-order valence-electron chi connectivity index (χ1n) is 7.24. The van der Waals surface area contributed by atoms with E-state index >= 15 is 0 Å². The minimum Gasteiger partial charge on any atom is -0.332 e. The number of hydrogen-bond donors (Lipinski definition) is 0. The highest BCUT2D eigenvalue weighted by molar-refractivity contribution is 7.10. The highest BCUT2D eigenvalue weighted by atomic mass is 32.1. The van der Waals surface area contributed by atoms with Crippen LogP contribution in [-0.2, 0) is 11.2 Å². The molecule has 1 aliphatic heterocycles. The van der Waals surface area contributed by atoms with Crippen molar-refractivity contribution in [2.45, 2.75) is 25.8 Å². The van der Waals surface area contributed by atoms with Crippen LogP contribution in [-0.4, -0.2) is 22.3 Å². The van der Waals surface area contributed by atoms with E-state index in [0.717, 1.165) is 24.9 Å². The summed E-state index contributed by atoms with van der Waals surface area (Å²) in [7, 11) is 0. The molecule has 1 atom stereocenters. The Bertz CT molecular complexity index is 648.